The molecule has 0 aliphatic heterocycles. The molecule has 2 aromatic heterocycles. The number of thiazole rings is 1. The molecule has 0 radical (unpaired) electrons. The summed E-state index contributed by atoms with van der Waals surface area (Å²) in [6, 6.07) is 2.38. The summed E-state index contributed by atoms with van der Waals surface area (Å²) in [7, 11) is 0. The second kappa shape index (κ2) is 6.31. The second-order valence-electron chi connectivity index (χ2n) is 5.64. The van der Waals surface area contributed by atoms with Gasteiger partial charge in [-0.2, -0.15) is 0 Å². The Bertz CT molecular complexity index is 577. The molecule has 0 saturated heterocycles. The molecule has 0 aliphatic carbocycles. The summed E-state index contributed by atoms with van der Waals surface area (Å²) in [6.45, 7) is 10.6. The monoisotopic (exact) mass is 290 g/mol. The molecule has 0 bridgehead atoms. The van der Waals surface area contributed by atoms with Crippen molar-refractivity contribution in [3.63, 3.8) is 0 Å². The highest BCUT2D eigenvalue weighted by Gasteiger charge is 2.10. The van der Waals surface area contributed by atoms with Crippen LogP contribution in [0.15, 0.2) is 11.4 Å². The van der Waals surface area contributed by atoms with Crippen LogP contribution in [-0.2, 0) is 0 Å². The maximum absolute atomic E-state index is 4.59. The Morgan fingerprint density at radius 1 is 1.15 bits per heavy atom. The number of aromatic nitrogens is 3. The van der Waals surface area contributed by atoms with E-state index < -0.39 is 0 Å². The molecule has 2 heterocycles. The number of aryl methyl sites for hydroxylation is 2. The lowest BCUT2D eigenvalue weighted by molar-refractivity contribution is 0.539. The summed E-state index contributed by atoms with van der Waals surface area (Å²) in [4.78, 5) is 13.5. The molecule has 1 N–H and O–H groups in total. The molecule has 4 nitrogen and oxygen atoms in total. The Hall–Kier alpha value is -1.49. The summed E-state index contributed by atoms with van der Waals surface area (Å²) in [5, 5.41) is 6.50. The van der Waals surface area contributed by atoms with E-state index in [9.17, 15) is 0 Å². The van der Waals surface area contributed by atoms with Gasteiger partial charge in [0.1, 0.15) is 11.5 Å². The van der Waals surface area contributed by atoms with Gasteiger partial charge in [0.25, 0.3) is 0 Å². The van der Waals surface area contributed by atoms with E-state index in [0.29, 0.717) is 17.8 Å². The van der Waals surface area contributed by atoms with Crippen molar-refractivity contribution in [2.24, 2.45) is 5.92 Å². The van der Waals surface area contributed by atoms with Gasteiger partial charge in [-0.25, -0.2) is 15.0 Å². The van der Waals surface area contributed by atoms with Crippen molar-refractivity contribution in [3.05, 3.63) is 22.1 Å². The van der Waals surface area contributed by atoms with Gasteiger partial charge in [-0.05, 0) is 33.1 Å². The van der Waals surface area contributed by atoms with Crippen LogP contribution in [0.2, 0.25) is 0 Å². The molecule has 20 heavy (non-hydrogen) atoms. The van der Waals surface area contributed by atoms with Crippen LogP contribution < -0.4 is 5.32 Å². The summed E-state index contributed by atoms with van der Waals surface area (Å²) < 4.78 is 0. The van der Waals surface area contributed by atoms with Crippen molar-refractivity contribution in [1.29, 1.82) is 0 Å². The molecule has 1 atom stereocenters. The van der Waals surface area contributed by atoms with Crippen LogP contribution >= 0.6 is 11.3 Å². The van der Waals surface area contributed by atoms with E-state index in [1.165, 1.54) is 0 Å². The zero-order valence-corrected chi connectivity index (χ0v) is 13.6. The lowest BCUT2D eigenvalue weighted by atomic mass is 10.1. The zero-order chi connectivity index (χ0) is 14.7. The molecule has 5 heteroatoms. The smallest absolute Gasteiger partial charge is 0.181 e. The first-order valence-electron chi connectivity index (χ1n) is 6.98. The van der Waals surface area contributed by atoms with Gasteiger partial charge in [0.15, 0.2) is 5.82 Å². The molecule has 0 amide bonds. The fraction of sp³-hybridized carbons (Fsp3) is 0.533. The van der Waals surface area contributed by atoms with Crippen molar-refractivity contribution in [2.45, 2.75) is 47.1 Å². The Kier molecular flexibility index (Phi) is 4.70. The van der Waals surface area contributed by atoms with Crippen molar-refractivity contribution < 1.29 is 0 Å². The molecule has 2 aromatic rings. The van der Waals surface area contributed by atoms with Crippen LogP contribution in [0, 0.1) is 19.8 Å². The normalized spacial score (nSPS) is 12.7. The number of hydrogen-bond acceptors (Lipinski definition) is 5. The van der Waals surface area contributed by atoms with E-state index in [0.717, 1.165) is 28.6 Å². The zero-order valence-electron chi connectivity index (χ0n) is 12.8. The molecule has 1 unspecified atom stereocenters. The summed E-state index contributed by atoms with van der Waals surface area (Å²) in [6.07, 6.45) is 1.12. The Morgan fingerprint density at radius 2 is 1.90 bits per heavy atom. The van der Waals surface area contributed by atoms with Crippen LogP contribution in [0.1, 0.15) is 37.9 Å². The highest BCUT2D eigenvalue weighted by molar-refractivity contribution is 7.09. The fourth-order valence-electron chi connectivity index (χ4n) is 2.24. The fourth-order valence-corrected chi connectivity index (χ4v) is 2.83. The number of hydrogen-bond donors (Lipinski definition) is 1. The third-order valence-corrected chi connectivity index (χ3v) is 3.70. The predicted molar refractivity (Wildman–Crippen MR) is 85.2 cm³/mol. The minimum absolute atomic E-state index is 0.398. The lowest BCUT2D eigenvalue weighted by Crippen LogP contribution is -2.18. The van der Waals surface area contributed by atoms with Gasteiger partial charge in [-0.15, -0.1) is 11.3 Å². The second-order valence-corrected chi connectivity index (χ2v) is 6.71. The number of nitrogens with zero attached hydrogens (tertiary/aromatic N) is 3. The SMILES string of the molecule is Cc1cc(NC(C)CC(C)C)nc(-c2csc(C)n2)n1. The maximum atomic E-state index is 4.59. The topological polar surface area (TPSA) is 50.7 Å². The summed E-state index contributed by atoms with van der Waals surface area (Å²) >= 11 is 1.62. The van der Waals surface area contributed by atoms with E-state index in [1.54, 1.807) is 11.3 Å². The standard InChI is InChI=1S/C15H22N4S/c1-9(2)6-10(3)16-14-7-11(4)17-15(19-14)13-8-20-12(5)18-13/h7-10H,6H2,1-5H3,(H,16,17,19). The number of anilines is 1. The Balaban J connectivity index is 2.20. The van der Waals surface area contributed by atoms with E-state index in [4.69, 9.17) is 0 Å². The highest BCUT2D eigenvalue weighted by Crippen LogP contribution is 2.21. The van der Waals surface area contributed by atoms with Gasteiger partial charge in [0, 0.05) is 23.2 Å². The van der Waals surface area contributed by atoms with Crippen molar-refractivity contribution in [2.75, 3.05) is 5.32 Å². The molecular formula is C15H22N4S. The summed E-state index contributed by atoms with van der Waals surface area (Å²) in [5.74, 6) is 2.25. The van der Waals surface area contributed by atoms with Gasteiger partial charge in [0.05, 0.1) is 5.01 Å². The van der Waals surface area contributed by atoms with Gasteiger partial charge < -0.3 is 5.32 Å². The van der Waals surface area contributed by atoms with Gasteiger partial charge in [0.2, 0.25) is 0 Å². The summed E-state index contributed by atoms with van der Waals surface area (Å²) in [5.41, 5.74) is 1.82. The minimum atomic E-state index is 0.398. The molecule has 0 aromatic carbocycles. The van der Waals surface area contributed by atoms with E-state index in [-0.39, 0.29) is 0 Å². The van der Waals surface area contributed by atoms with Gasteiger partial charge in [-0.3, -0.25) is 0 Å². The Labute approximate surface area is 124 Å². The van der Waals surface area contributed by atoms with Crippen LogP contribution in [0.25, 0.3) is 11.5 Å². The Morgan fingerprint density at radius 3 is 2.50 bits per heavy atom. The van der Waals surface area contributed by atoms with Gasteiger partial charge >= 0.3 is 0 Å². The van der Waals surface area contributed by atoms with Crippen molar-refractivity contribution in [3.8, 4) is 11.5 Å². The number of rotatable bonds is 5. The van der Waals surface area contributed by atoms with Crippen LogP contribution in [0.5, 0.6) is 0 Å². The average molecular weight is 290 g/mol. The van der Waals surface area contributed by atoms with Crippen LogP contribution in [0.3, 0.4) is 0 Å². The molecule has 108 valence electrons. The quantitative estimate of drug-likeness (QED) is 0.902. The average Bonchev–Trinajstić information content (AvgIpc) is 2.73. The first-order chi connectivity index (χ1) is 9.44. The molecule has 0 spiro atoms. The third kappa shape index (κ3) is 4.00. The molecule has 0 fully saturated rings. The van der Waals surface area contributed by atoms with Crippen molar-refractivity contribution in [1.82, 2.24) is 15.0 Å². The minimum Gasteiger partial charge on any atom is -0.367 e. The molecule has 2 rings (SSSR count). The lowest BCUT2D eigenvalue weighted by Gasteiger charge is -2.17. The maximum Gasteiger partial charge on any atom is 0.181 e. The number of nitrogens with one attached hydrogen (secondary N) is 1. The van der Waals surface area contributed by atoms with E-state index in [1.807, 2.05) is 25.3 Å². The highest BCUT2D eigenvalue weighted by atomic mass is 32.1. The van der Waals surface area contributed by atoms with E-state index in [2.05, 4.69) is 41.0 Å². The van der Waals surface area contributed by atoms with E-state index >= 15 is 0 Å². The molecule has 0 saturated carbocycles. The van der Waals surface area contributed by atoms with Gasteiger partial charge in [-0.1, -0.05) is 13.8 Å². The van der Waals surface area contributed by atoms with Crippen LogP contribution in [-0.4, -0.2) is 21.0 Å². The molecular weight excluding hydrogens is 268 g/mol. The first-order valence-corrected chi connectivity index (χ1v) is 7.86. The molecule has 0 aliphatic rings. The predicted octanol–water partition coefficient (Wildman–Crippen LogP) is 4.06. The van der Waals surface area contributed by atoms with Crippen LogP contribution in [0.4, 0.5) is 5.82 Å². The first kappa shape index (κ1) is 14.9. The van der Waals surface area contributed by atoms with Crippen molar-refractivity contribution >= 4 is 17.2 Å². The third-order valence-electron chi connectivity index (χ3n) is 2.92. The largest absolute Gasteiger partial charge is 0.367 e.